The van der Waals surface area contributed by atoms with Crippen LogP contribution in [0, 0.1) is 6.92 Å². The Kier molecular flexibility index (Phi) is 7.63. The minimum atomic E-state index is -0.400. The Balaban J connectivity index is 1.29. The smallest absolute Gasteiger partial charge is 0.265 e. The van der Waals surface area contributed by atoms with E-state index in [-0.39, 0.29) is 16.3 Å². The SMILES string of the molecule is Cc1ccccc1NC(=O)CCCCCCCc1[nH]c2ccccc2c1C1=C(Br)C(=O)NC1=O. The van der Waals surface area contributed by atoms with E-state index in [0.29, 0.717) is 12.0 Å². The molecule has 0 aliphatic carbocycles. The molecule has 0 radical (unpaired) electrons. The Hall–Kier alpha value is -3.19. The van der Waals surface area contributed by atoms with Crippen molar-refractivity contribution in [3.05, 3.63) is 69.8 Å². The standard InChI is InChI=1S/C27H28BrN3O3/c1-17-11-7-9-13-19(17)30-22(32)16-6-4-2-3-5-15-21-23(18-12-8-10-14-20(18)29-21)24-25(28)27(34)31-26(24)33/h7-14,29H,2-6,15-16H2,1H3,(H,30,32)(H,31,33,34). The van der Waals surface area contributed by atoms with Gasteiger partial charge in [0.15, 0.2) is 0 Å². The van der Waals surface area contributed by atoms with Crippen LogP contribution < -0.4 is 10.6 Å². The second-order valence-electron chi connectivity index (χ2n) is 8.63. The van der Waals surface area contributed by atoms with Crippen LogP contribution in [-0.2, 0) is 20.8 Å². The number of para-hydroxylation sites is 2. The zero-order valence-electron chi connectivity index (χ0n) is 19.2. The highest BCUT2D eigenvalue weighted by Crippen LogP contribution is 2.36. The molecular weight excluding hydrogens is 494 g/mol. The number of benzene rings is 2. The molecule has 0 atom stereocenters. The van der Waals surface area contributed by atoms with E-state index in [9.17, 15) is 14.4 Å². The number of hydrogen-bond donors (Lipinski definition) is 3. The highest BCUT2D eigenvalue weighted by molar-refractivity contribution is 9.12. The van der Waals surface area contributed by atoms with Gasteiger partial charge in [-0.3, -0.25) is 19.7 Å². The summed E-state index contributed by atoms with van der Waals surface area (Å²) >= 11 is 3.30. The van der Waals surface area contributed by atoms with E-state index >= 15 is 0 Å². The van der Waals surface area contributed by atoms with Crippen LogP contribution in [0.3, 0.4) is 0 Å². The number of fused-ring (bicyclic) bond motifs is 1. The average Bonchev–Trinajstić information content (AvgIpc) is 3.29. The zero-order chi connectivity index (χ0) is 24.1. The van der Waals surface area contributed by atoms with Gasteiger partial charge in [-0.25, -0.2) is 0 Å². The van der Waals surface area contributed by atoms with Crippen molar-refractivity contribution in [3.63, 3.8) is 0 Å². The molecule has 1 aliphatic rings. The van der Waals surface area contributed by atoms with E-state index in [1.54, 1.807) is 0 Å². The number of aromatic nitrogens is 1. The Bertz CT molecular complexity index is 1280. The average molecular weight is 522 g/mol. The van der Waals surface area contributed by atoms with Crippen LogP contribution in [0.25, 0.3) is 16.5 Å². The Morgan fingerprint density at radius 3 is 2.38 bits per heavy atom. The summed E-state index contributed by atoms with van der Waals surface area (Å²) in [6.07, 6.45) is 6.18. The molecule has 2 aromatic carbocycles. The maximum atomic E-state index is 12.5. The van der Waals surface area contributed by atoms with Crippen LogP contribution in [0.5, 0.6) is 0 Å². The summed E-state index contributed by atoms with van der Waals surface area (Å²) in [5, 5.41) is 6.29. The number of H-pyrrole nitrogens is 1. The van der Waals surface area contributed by atoms with Gasteiger partial charge in [0.1, 0.15) is 0 Å². The monoisotopic (exact) mass is 521 g/mol. The molecule has 7 heteroatoms. The van der Waals surface area contributed by atoms with E-state index in [4.69, 9.17) is 0 Å². The summed E-state index contributed by atoms with van der Waals surface area (Å²) in [6, 6.07) is 15.6. The summed E-state index contributed by atoms with van der Waals surface area (Å²) in [6.45, 7) is 1.99. The van der Waals surface area contributed by atoms with Crippen LogP contribution in [0.1, 0.15) is 55.3 Å². The number of carbonyl (C=O) groups is 3. The van der Waals surface area contributed by atoms with Crippen molar-refractivity contribution in [2.45, 2.75) is 51.9 Å². The van der Waals surface area contributed by atoms with Crippen LogP contribution in [0.2, 0.25) is 0 Å². The third-order valence-corrected chi connectivity index (χ3v) is 6.91. The van der Waals surface area contributed by atoms with E-state index in [2.05, 4.69) is 31.5 Å². The van der Waals surface area contributed by atoms with E-state index in [1.165, 1.54) is 0 Å². The molecule has 0 saturated heterocycles. The molecule has 6 nitrogen and oxygen atoms in total. The summed E-state index contributed by atoms with van der Waals surface area (Å²) in [4.78, 5) is 40.1. The van der Waals surface area contributed by atoms with Gasteiger partial charge in [-0.15, -0.1) is 0 Å². The van der Waals surface area contributed by atoms with E-state index < -0.39 is 5.91 Å². The number of anilines is 1. The fourth-order valence-corrected chi connectivity index (χ4v) is 4.85. The number of carbonyl (C=O) groups excluding carboxylic acids is 3. The lowest BCUT2D eigenvalue weighted by Gasteiger charge is -2.08. The predicted octanol–water partition coefficient (Wildman–Crippen LogP) is 5.76. The fourth-order valence-electron chi connectivity index (χ4n) is 4.37. The molecule has 2 heterocycles. The summed E-state index contributed by atoms with van der Waals surface area (Å²) < 4.78 is 0.285. The third-order valence-electron chi connectivity index (χ3n) is 6.16. The molecule has 3 aromatic rings. The zero-order valence-corrected chi connectivity index (χ0v) is 20.8. The number of aryl methyl sites for hydroxylation is 2. The van der Waals surface area contributed by atoms with Crippen molar-refractivity contribution >= 4 is 55.8 Å². The summed E-state index contributed by atoms with van der Waals surface area (Å²) in [5.74, 6) is -0.713. The predicted molar refractivity (Wildman–Crippen MR) is 139 cm³/mol. The Morgan fingerprint density at radius 2 is 1.62 bits per heavy atom. The number of rotatable bonds is 10. The second-order valence-corrected chi connectivity index (χ2v) is 9.42. The van der Waals surface area contributed by atoms with Gasteiger partial charge in [0, 0.05) is 34.3 Å². The van der Waals surface area contributed by atoms with Crippen molar-refractivity contribution in [2.75, 3.05) is 5.32 Å². The second kappa shape index (κ2) is 10.8. The Morgan fingerprint density at radius 1 is 0.912 bits per heavy atom. The van der Waals surface area contributed by atoms with Crippen molar-refractivity contribution < 1.29 is 14.4 Å². The van der Waals surface area contributed by atoms with Gasteiger partial charge in [0.2, 0.25) is 5.91 Å². The van der Waals surface area contributed by atoms with Gasteiger partial charge in [-0.05, 0) is 59.8 Å². The number of hydrogen-bond acceptors (Lipinski definition) is 3. The highest BCUT2D eigenvalue weighted by atomic mass is 79.9. The first-order valence-corrected chi connectivity index (χ1v) is 12.5. The molecule has 3 N–H and O–H groups in total. The lowest BCUT2D eigenvalue weighted by Crippen LogP contribution is -2.22. The van der Waals surface area contributed by atoms with Gasteiger partial charge in [-0.2, -0.15) is 0 Å². The minimum absolute atomic E-state index is 0.0558. The topological polar surface area (TPSA) is 91.1 Å². The molecule has 0 spiro atoms. The maximum absolute atomic E-state index is 12.5. The van der Waals surface area contributed by atoms with Crippen molar-refractivity contribution in [1.29, 1.82) is 0 Å². The normalized spacial score (nSPS) is 13.6. The van der Waals surface area contributed by atoms with Crippen molar-refractivity contribution in [3.8, 4) is 0 Å². The Labute approximate surface area is 207 Å². The molecule has 0 saturated carbocycles. The number of amides is 3. The van der Waals surface area contributed by atoms with Gasteiger partial charge in [-0.1, -0.05) is 55.7 Å². The number of halogens is 1. The highest BCUT2D eigenvalue weighted by Gasteiger charge is 2.32. The minimum Gasteiger partial charge on any atom is -0.358 e. The number of imide groups is 1. The molecule has 34 heavy (non-hydrogen) atoms. The molecule has 3 amide bonds. The fraction of sp³-hybridized carbons (Fsp3) is 0.296. The summed E-state index contributed by atoms with van der Waals surface area (Å²) in [5.41, 5.74) is 5.06. The molecular formula is C27H28BrN3O3. The first-order valence-electron chi connectivity index (χ1n) is 11.7. The van der Waals surface area contributed by atoms with Gasteiger partial charge in [0.25, 0.3) is 11.8 Å². The quantitative estimate of drug-likeness (QED) is 0.234. The first-order chi connectivity index (χ1) is 16.5. The van der Waals surface area contributed by atoms with Gasteiger partial charge < -0.3 is 10.3 Å². The van der Waals surface area contributed by atoms with Crippen LogP contribution in [0.15, 0.2) is 53.0 Å². The molecule has 176 valence electrons. The molecule has 4 rings (SSSR count). The number of nitrogens with one attached hydrogen (secondary N) is 3. The third kappa shape index (κ3) is 5.30. The lowest BCUT2D eigenvalue weighted by atomic mass is 9.99. The lowest BCUT2D eigenvalue weighted by molar-refractivity contribution is -0.123. The van der Waals surface area contributed by atoms with E-state index in [1.807, 2.05) is 55.5 Å². The van der Waals surface area contributed by atoms with Crippen molar-refractivity contribution in [2.24, 2.45) is 0 Å². The molecule has 1 aromatic heterocycles. The number of aromatic amines is 1. The van der Waals surface area contributed by atoms with Crippen LogP contribution in [-0.4, -0.2) is 22.7 Å². The number of unbranched alkanes of at least 4 members (excludes halogenated alkanes) is 4. The molecule has 0 bridgehead atoms. The largest absolute Gasteiger partial charge is 0.358 e. The summed E-state index contributed by atoms with van der Waals surface area (Å²) in [7, 11) is 0. The molecule has 0 fully saturated rings. The van der Waals surface area contributed by atoms with Crippen LogP contribution >= 0.6 is 15.9 Å². The maximum Gasteiger partial charge on any atom is 0.265 e. The first kappa shape index (κ1) is 24.0. The van der Waals surface area contributed by atoms with Crippen molar-refractivity contribution in [1.82, 2.24) is 10.3 Å². The van der Waals surface area contributed by atoms with Crippen LogP contribution in [0.4, 0.5) is 5.69 Å². The van der Waals surface area contributed by atoms with Gasteiger partial charge in [0.05, 0.1) is 10.1 Å². The van der Waals surface area contributed by atoms with Gasteiger partial charge >= 0.3 is 0 Å². The van der Waals surface area contributed by atoms with E-state index in [0.717, 1.165) is 71.9 Å². The molecule has 1 aliphatic heterocycles. The molecule has 0 unspecified atom stereocenters.